The normalized spacial score (nSPS) is 12.5. The van der Waals surface area contributed by atoms with Crippen LogP contribution >= 0.6 is 0 Å². The van der Waals surface area contributed by atoms with Crippen molar-refractivity contribution in [1.82, 2.24) is 0 Å². The van der Waals surface area contributed by atoms with E-state index in [1.54, 1.807) is 0 Å². The van der Waals surface area contributed by atoms with E-state index in [0.29, 0.717) is 12.8 Å². The molecule has 0 aliphatic heterocycles. The second-order valence-corrected chi connectivity index (χ2v) is 12.0. The summed E-state index contributed by atoms with van der Waals surface area (Å²) < 4.78 is 10.6. The molecular formula is C38H68O5. The Hall–Kier alpha value is -1.88. The molecule has 0 aromatic rings. The number of hydrogen-bond acceptors (Lipinski definition) is 5. The number of rotatable bonds is 32. The van der Waals surface area contributed by atoms with E-state index in [2.05, 4.69) is 50.3 Å². The molecule has 0 unspecified atom stereocenters. The van der Waals surface area contributed by atoms with E-state index in [-0.39, 0.29) is 25.2 Å². The van der Waals surface area contributed by atoms with Crippen molar-refractivity contribution < 1.29 is 24.2 Å². The van der Waals surface area contributed by atoms with Crippen molar-refractivity contribution >= 4 is 11.9 Å². The maximum absolute atomic E-state index is 12.1. The fourth-order valence-electron chi connectivity index (χ4n) is 4.91. The molecule has 0 saturated carbocycles. The smallest absolute Gasteiger partial charge is 0.306 e. The molecule has 5 nitrogen and oxygen atoms in total. The fourth-order valence-corrected chi connectivity index (χ4v) is 4.91. The molecule has 0 radical (unpaired) electrons. The molecule has 0 heterocycles. The molecule has 5 heteroatoms. The lowest BCUT2D eigenvalue weighted by atomic mass is 10.0. The largest absolute Gasteiger partial charge is 0.462 e. The van der Waals surface area contributed by atoms with Crippen molar-refractivity contribution in [2.75, 3.05) is 13.2 Å². The molecule has 250 valence electrons. The molecule has 0 fully saturated rings. The Morgan fingerprint density at radius 1 is 0.535 bits per heavy atom. The minimum Gasteiger partial charge on any atom is -0.462 e. The first-order valence-electron chi connectivity index (χ1n) is 18.0. The van der Waals surface area contributed by atoms with Gasteiger partial charge < -0.3 is 14.6 Å². The van der Waals surface area contributed by atoms with Crippen molar-refractivity contribution in [3.8, 4) is 0 Å². The van der Waals surface area contributed by atoms with Gasteiger partial charge in [-0.1, -0.05) is 147 Å². The van der Waals surface area contributed by atoms with Gasteiger partial charge in [0.05, 0.1) is 6.61 Å². The van der Waals surface area contributed by atoms with Gasteiger partial charge in [0.15, 0.2) is 6.10 Å². The zero-order chi connectivity index (χ0) is 31.5. The van der Waals surface area contributed by atoms with Gasteiger partial charge >= 0.3 is 11.9 Å². The van der Waals surface area contributed by atoms with Gasteiger partial charge in [0.2, 0.25) is 0 Å². The number of allylic oxidation sites excluding steroid dienone is 6. The Bertz CT molecular complexity index is 696. The zero-order valence-electron chi connectivity index (χ0n) is 28.2. The second-order valence-electron chi connectivity index (χ2n) is 12.0. The highest BCUT2D eigenvalue weighted by Gasteiger charge is 2.16. The van der Waals surface area contributed by atoms with Gasteiger partial charge in [-0.25, -0.2) is 0 Å². The van der Waals surface area contributed by atoms with Gasteiger partial charge in [-0.3, -0.25) is 9.59 Å². The zero-order valence-corrected chi connectivity index (χ0v) is 28.2. The minimum absolute atomic E-state index is 0.0728. The van der Waals surface area contributed by atoms with E-state index < -0.39 is 6.10 Å². The van der Waals surface area contributed by atoms with E-state index in [4.69, 9.17) is 9.47 Å². The summed E-state index contributed by atoms with van der Waals surface area (Å²) >= 11 is 0. The summed E-state index contributed by atoms with van der Waals surface area (Å²) in [5, 5.41) is 9.51. The summed E-state index contributed by atoms with van der Waals surface area (Å²) in [6.07, 6.45) is 40.5. The Balaban J connectivity index is 3.62. The summed E-state index contributed by atoms with van der Waals surface area (Å²) in [6, 6.07) is 0. The first kappa shape index (κ1) is 41.1. The summed E-state index contributed by atoms with van der Waals surface area (Å²) in [6.45, 7) is 4.08. The van der Waals surface area contributed by atoms with Crippen LogP contribution in [-0.4, -0.2) is 36.4 Å². The van der Waals surface area contributed by atoms with Crippen LogP contribution in [0.15, 0.2) is 36.5 Å². The summed E-state index contributed by atoms with van der Waals surface area (Å²) in [5.41, 5.74) is 0. The highest BCUT2D eigenvalue weighted by atomic mass is 16.6. The number of unbranched alkanes of at least 4 members (excludes halogenated alkanes) is 18. The summed E-state index contributed by atoms with van der Waals surface area (Å²) in [7, 11) is 0. The highest BCUT2D eigenvalue weighted by Crippen LogP contribution is 2.13. The molecule has 1 N–H and O–H groups in total. The van der Waals surface area contributed by atoms with Crippen LogP contribution in [0.5, 0.6) is 0 Å². The first-order chi connectivity index (χ1) is 21.1. The van der Waals surface area contributed by atoms with Crippen LogP contribution < -0.4 is 0 Å². The number of ether oxygens (including phenoxy) is 2. The molecule has 0 saturated heterocycles. The maximum Gasteiger partial charge on any atom is 0.306 e. The maximum atomic E-state index is 12.1. The number of carbonyl (C=O) groups is 2. The standard InChI is InChI=1S/C38H68O5/c1-3-5-7-9-11-13-15-17-18-19-20-21-23-25-27-29-31-33-38(41)43-36(34-39)35-42-37(40)32-30-28-26-24-22-16-14-12-10-8-6-4-2/h11,13,17-18,20-21,36,39H,3-10,12,14-16,19,22-35H2,1-2H3/b13-11+,18-17+,21-20+/t36-/m0/s1. The lowest BCUT2D eigenvalue weighted by Gasteiger charge is -2.15. The fraction of sp³-hybridized carbons (Fsp3) is 0.789. The van der Waals surface area contributed by atoms with Gasteiger partial charge in [0.25, 0.3) is 0 Å². The van der Waals surface area contributed by atoms with Crippen LogP contribution in [0.25, 0.3) is 0 Å². The third kappa shape index (κ3) is 32.9. The molecular weight excluding hydrogens is 536 g/mol. The number of hydrogen-bond donors (Lipinski definition) is 1. The average molecular weight is 605 g/mol. The molecule has 1 atom stereocenters. The molecule has 0 aliphatic carbocycles. The monoisotopic (exact) mass is 605 g/mol. The Labute approximate surface area is 266 Å². The van der Waals surface area contributed by atoms with Gasteiger partial charge in [-0.15, -0.1) is 0 Å². The van der Waals surface area contributed by atoms with Crippen LogP contribution in [-0.2, 0) is 19.1 Å². The van der Waals surface area contributed by atoms with Crippen LogP contribution in [0.2, 0.25) is 0 Å². The Morgan fingerprint density at radius 2 is 0.930 bits per heavy atom. The van der Waals surface area contributed by atoms with Crippen LogP contribution in [0, 0.1) is 0 Å². The number of carbonyl (C=O) groups excluding carboxylic acids is 2. The third-order valence-electron chi connectivity index (χ3n) is 7.69. The lowest BCUT2D eigenvalue weighted by molar-refractivity contribution is -0.161. The van der Waals surface area contributed by atoms with Crippen LogP contribution in [0.3, 0.4) is 0 Å². The number of esters is 2. The number of aliphatic hydroxyl groups excluding tert-OH is 1. The number of aliphatic hydroxyl groups is 1. The molecule has 0 amide bonds. The second kappa shape index (κ2) is 34.6. The lowest BCUT2D eigenvalue weighted by Crippen LogP contribution is -2.28. The molecule has 0 aromatic carbocycles. The SMILES string of the molecule is CCCCC/C=C/C/C=C/C/C=C/CCCCCCC(=O)O[C@@H](CO)COC(=O)CCCCCCCCCCCCCC. The quantitative estimate of drug-likeness (QED) is 0.0470. The van der Waals surface area contributed by atoms with Gasteiger partial charge in [-0.2, -0.15) is 0 Å². The van der Waals surface area contributed by atoms with Gasteiger partial charge in [0.1, 0.15) is 6.61 Å². The average Bonchev–Trinajstić information content (AvgIpc) is 3.01. The molecule has 0 rings (SSSR count). The van der Waals surface area contributed by atoms with Crippen molar-refractivity contribution in [3.63, 3.8) is 0 Å². The minimum atomic E-state index is -0.778. The van der Waals surface area contributed by atoms with Crippen molar-refractivity contribution in [1.29, 1.82) is 0 Å². The van der Waals surface area contributed by atoms with Gasteiger partial charge in [-0.05, 0) is 51.4 Å². The third-order valence-corrected chi connectivity index (χ3v) is 7.69. The van der Waals surface area contributed by atoms with Crippen molar-refractivity contribution in [3.05, 3.63) is 36.5 Å². The predicted molar refractivity (Wildman–Crippen MR) is 182 cm³/mol. The van der Waals surface area contributed by atoms with Crippen molar-refractivity contribution in [2.45, 2.75) is 180 Å². The summed E-state index contributed by atoms with van der Waals surface area (Å²) in [4.78, 5) is 24.1. The molecule has 0 spiro atoms. The van der Waals surface area contributed by atoms with E-state index in [1.165, 1.54) is 83.5 Å². The topological polar surface area (TPSA) is 72.8 Å². The van der Waals surface area contributed by atoms with E-state index in [0.717, 1.165) is 64.2 Å². The predicted octanol–water partition coefficient (Wildman–Crippen LogP) is 10.9. The van der Waals surface area contributed by atoms with E-state index in [9.17, 15) is 14.7 Å². The molecule has 0 aromatic heterocycles. The molecule has 0 aliphatic rings. The van der Waals surface area contributed by atoms with Gasteiger partial charge in [0, 0.05) is 12.8 Å². The Kier molecular flexibility index (Phi) is 33.1. The van der Waals surface area contributed by atoms with Crippen LogP contribution in [0.1, 0.15) is 174 Å². The van der Waals surface area contributed by atoms with E-state index in [1.807, 2.05) is 0 Å². The Morgan fingerprint density at radius 3 is 1.44 bits per heavy atom. The van der Waals surface area contributed by atoms with E-state index >= 15 is 0 Å². The first-order valence-corrected chi connectivity index (χ1v) is 18.0. The van der Waals surface area contributed by atoms with Crippen molar-refractivity contribution in [2.24, 2.45) is 0 Å². The summed E-state index contributed by atoms with van der Waals surface area (Å²) in [5.74, 6) is -0.615. The molecule has 0 bridgehead atoms. The molecule has 43 heavy (non-hydrogen) atoms. The van der Waals surface area contributed by atoms with Crippen LogP contribution in [0.4, 0.5) is 0 Å². The highest BCUT2D eigenvalue weighted by molar-refractivity contribution is 5.70.